The number of rotatable bonds is 8. The van der Waals surface area contributed by atoms with Gasteiger partial charge in [-0.3, -0.25) is 4.79 Å². The predicted octanol–water partition coefficient (Wildman–Crippen LogP) is 3.25. The molecule has 6 heteroatoms. The van der Waals surface area contributed by atoms with Crippen LogP contribution in [-0.4, -0.2) is 50.5 Å². The summed E-state index contributed by atoms with van der Waals surface area (Å²) in [6.07, 6.45) is 1.76. The van der Waals surface area contributed by atoms with Crippen molar-refractivity contribution in [2.45, 2.75) is 5.92 Å². The van der Waals surface area contributed by atoms with E-state index in [4.69, 9.17) is 0 Å². The Morgan fingerprint density at radius 1 is 1.04 bits per heavy atom. The summed E-state index contributed by atoms with van der Waals surface area (Å²) in [6, 6.07) is 20.7. The molecule has 0 aromatic heterocycles. The molecule has 0 spiro atoms. The molecular weight excluding hydrogens is 463 g/mol. The number of amides is 1. The Hall–Kier alpha value is -2.35. The largest absolute Gasteiger partial charge is 0.355 e. The van der Waals surface area contributed by atoms with E-state index in [1.54, 1.807) is 20.2 Å². The summed E-state index contributed by atoms with van der Waals surface area (Å²) >= 11 is 0. The topological polar surface area (TPSA) is 56.7 Å². The van der Waals surface area contributed by atoms with Gasteiger partial charge in [0.1, 0.15) is 6.54 Å². The third-order valence-corrected chi connectivity index (χ3v) is 4.16. The third kappa shape index (κ3) is 7.72. The molecule has 2 aromatic carbocycles. The van der Waals surface area contributed by atoms with Gasteiger partial charge in [0.15, 0.2) is 5.96 Å². The van der Waals surface area contributed by atoms with Crippen molar-refractivity contribution in [3.63, 3.8) is 0 Å². The van der Waals surface area contributed by atoms with Gasteiger partial charge in [0, 0.05) is 33.1 Å². The highest BCUT2D eigenvalue weighted by Gasteiger charge is 2.14. The van der Waals surface area contributed by atoms with E-state index >= 15 is 0 Å². The van der Waals surface area contributed by atoms with Crippen molar-refractivity contribution in [3.8, 4) is 0 Å². The predicted molar refractivity (Wildman–Crippen MR) is 127 cm³/mol. The average Bonchev–Trinajstić information content (AvgIpc) is 2.70. The quantitative estimate of drug-likeness (QED) is 0.258. The van der Waals surface area contributed by atoms with Gasteiger partial charge in [0.05, 0.1) is 0 Å². The lowest BCUT2D eigenvalue weighted by atomic mass is 9.91. The summed E-state index contributed by atoms with van der Waals surface area (Å²) in [4.78, 5) is 17.8. The minimum Gasteiger partial charge on any atom is -0.355 e. The van der Waals surface area contributed by atoms with Crippen LogP contribution in [0.2, 0.25) is 0 Å². The van der Waals surface area contributed by atoms with Crippen LogP contribution in [0.3, 0.4) is 0 Å². The molecule has 2 rings (SSSR count). The van der Waals surface area contributed by atoms with E-state index in [0.29, 0.717) is 19.0 Å². The van der Waals surface area contributed by atoms with E-state index in [1.165, 1.54) is 16.0 Å². The fourth-order valence-corrected chi connectivity index (χ4v) is 2.63. The maximum Gasteiger partial charge on any atom is 0.243 e. The van der Waals surface area contributed by atoms with Crippen LogP contribution < -0.4 is 10.6 Å². The molecule has 0 heterocycles. The van der Waals surface area contributed by atoms with Gasteiger partial charge in [-0.2, -0.15) is 0 Å². The minimum absolute atomic E-state index is 0. The molecule has 5 nitrogen and oxygen atoms in total. The van der Waals surface area contributed by atoms with Gasteiger partial charge in [0.25, 0.3) is 0 Å². The number of carbonyl (C=O) groups excluding carboxylic acids is 1. The van der Waals surface area contributed by atoms with Crippen LogP contribution in [0, 0.1) is 0 Å². The molecule has 0 aliphatic heterocycles. The van der Waals surface area contributed by atoms with Gasteiger partial charge < -0.3 is 15.5 Å². The van der Waals surface area contributed by atoms with Gasteiger partial charge in [-0.15, -0.1) is 30.6 Å². The van der Waals surface area contributed by atoms with Crippen molar-refractivity contribution in [2.24, 2.45) is 4.99 Å². The van der Waals surface area contributed by atoms with Gasteiger partial charge in [-0.1, -0.05) is 66.7 Å². The van der Waals surface area contributed by atoms with E-state index < -0.39 is 0 Å². The number of likely N-dealkylation sites (N-methyl/N-ethyl adjacent to an activating group) is 1. The van der Waals surface area contributed by atoms with Crippen molar-refractivity contribution < 1.29 is 4.79 Å². The molecule has 0 aliphatic carbocycles. The molecule has 28 heavy (non-hydrogen) atoms. The number of carbonyl (C=O) groups is 1. The van der Waals surface area contributed by atoms with Crippen LogP contribution in [0.1, 0.15) is 17.0 Å². The normalized spacial score (nSPS) is 10.8. The van der Waals surface area contributed by atoms with Gasteiger partial charge in [0.2, 0.25) is 5.91 Å². The first-order valence-corrected chi connectivity index (χ1v) is 9.05. The van der Waals surface area contributed by atoms with Crippen molar-refractivity contribution in [1.82, 2.24) is 15.5 Å². The Morgan fingerprint density at radius 2 is 1.57 bits per heavy atom. The number of aliphatic imine (C=N–C) groups is 1. The molecule has 0 radical (unpaired) electrons. The van der Waals surface area contributed by atoms with E-state index in [9.17, 15) is 4.79 Å². The smallest absolute Gasteiger partial charge is 0.243 e. The van der Waals surface area contributed by atoms with Crippen LogP contribution in [0.15, 0.2) is 78.3 Å². The molecule has 2 aromatic rings. The van der Waals surface area contributed by atoms with E-state index in [1.807, 2.05) is 36.4 Å². The first-order valence-electron chi connectivity index (χ1n) is 9.05. The summed E-state index contributed by atoms with van der Waals surface area (Å²) in [6.45, 7) is 5.06. The lowest BCUT2D eigenvalue weighted by Crippen LogP contribution is -2.40. The van der Waals surface area contributed by atoms with Crippen LogP contribution in [0.4, 0.5) is 0 Å². The maximum atomic E-state index is 11.8. The number of hydrogen-bond donors (Lipinski definition) is 2. The van der Waals surface area contributed by atoms with Crippen LogP contribution in [0.5, 0.6) is 0 Å². The molecule has 0 saturated carbocycles. The lowest BCUT2D eigenvalue weighted by molar-refractivity contribution is -0.127. The molecule has 0 aliphatic rings. The van der Waals surface area contributed by atoms with Gasteiger partial charge >= 0.3 is 0 Å². The second-order valence-corrected chi connectivity index (χ2v) is 6.38. The molecule has 150 valence electrons. The first kappa shape index (κ1) is 23.7. The monoisotopic (exact) mass is 492 g/mol. The molecular formula is C22H29IN4O. The molecule has 0 fully saturated rings. The summed E-state index contributed by atoms with van der Waals surface area (Å²) in [7, 11) is 3.45. The summed E-state index contributed by atoms with van der Waals surface area (Å²) < 4.78 is 0. The number of nitrogens with zero attached hydrogens (tertiary/aromatic N) is 2. The Morgan fingerprint density at radius 3 is 2.04 bits per heavy atom. The molecule has 0 bridgehead atoms. The van der Waals surface area contributed by atoms with Crippen molar-refractivity contribution in [2.75, 3.05) is 33.7 Å². The van der Waals surface area contributed by atoms with Crippen LogP contribution in [0.25, 0.3) is 0 Å². The van der Waals surface area contributed by atoms with Gasteiger partial charge in [-0.25, -0.2) is 4.99 Å². The Labute approximate surface area is 185 Å². The summed E-state index contributed by atoms with van der Waals surface area (Å²) in [5.74, 6) is 0.729. The number of benzene rings is 2. The molecule has 0 unspecified atom stereocenters. The zero-order valence-corrected chi connectivity index (χ0v) is 18.8. The molecule has 2 N–H and O–H groups in total. The fourth-order valence-electron chi connectivity index (χ4n) is 2.63. The highest BCUT2D eigenvalue weighted by molar-refractivity contribution is 14.0. The average molecular weight is 492 g/mol. The fraction of sp³-hybridized carbons (Fsp3) is 0.273. The van der Waals surface area contributed by atoms with E-state index in [2.05, 4.69) is 46.5 Å². The van der Waals surface area contributed by atoms with Crippen LogP contribution >= 0.6 is 24.0 Å². The van der Waals surface area contributed by atoms with Crippen molar-refractivity contribution in [3.05, 3.63) is 84.4 Å². The number of hydrogen-bond acceptors (Lipinski definition) is 2. The molecule has 1 amide bonds. The molecule has 0 atom stereocenters. The second-order valence-electron chi connectivity index (χ2n) is 6.38. The zero-order valence-electron chi connectivity index (χ0n) is 16.5. The van der Waals surface area contributed by atoms with Crippen molar-refractivity contribution in [1.29, 1.82) is 0 Å². The van der Waals surface area contributed by atoms with Crippen molar-refractivity contribution >= 4 is 35.8 Å². The minimum atomic E-state index is -0.0441. The number of guanidine groups is 1. The summed E-state index contributed by atoms with van der Waals surface area (Å²) in [5.41, 5.74) is 2.45. The summed E-state index contributed by atoms with van der Waals surface area (Å²) in [5, 5.41) is 6.54. The third-order valence-electron chi connectivity index (χ3n) is 4.16. The standard InChI is InChI=1S/C22H28N4O.HI/c1-4-15-23-22(25-17-21(27)26(2)3)24-16-20(18-11-7-5-8-12-18)19-13-9-6-10-14-19;/h4-14,20H,1,15-17H2,2-3H3,(H2,23,24,25);1H. The number of halogens is 1. The SMILES string of the molecule is C=CCNC(=NCC(=O)N(C)C)NCC(c1ccccc1)c1ccccc1.I. The lowest BCUT2D eigenvalue weighted by Gasteiger charge is -2.20. The number of nitrogens with one attached hydrogen (secondary N) is 2. The van der Waals surface area contributed by atoms with Gasteiger partial charge in [-0.05, 0) is 11.1 Å². The Balaban J connectivity index is 0.00000392. The highest BCUT2D eigenvalue weighted by atomic mass is 127. The van der Waals surface area contributed by atoms with E-state index in [-0.39, 0.29) is 42.3 Å². The maximum absolute atomic E-state index is 11.8. The Bertz CT molecular complexity index is 708. The van der Waals surface area contributed by atoms with E-state index in [0.717, 1.165) is 0 Å². The molecule has 0 saturated heterocycles. The zero-order chi connectivity index (χ0) is 19.5. The van der Waals surface area contributed by atoms with Crippen LogP contribution in [-0.2, 0) is 4.79 Å². The first-order chi connectivity index (χ1) is 13.1. The second kappa shape index (κ2) is 12.9. The Kier molecular flexibility index (Phi) is 10.9. The highest BCUT2D eigenvalue weighted by Crippen LogP contribution is 2.23.